The second kappa shape index (κ2) is 4.11. The highest BCUT2D eigenvalue weighted by Gasteiger charge is 2.15. The van der Waals surface area contributed by atoms with Crippen LogP contribution in [0, 0.1) is 11.3 Å². The van der Waals surface area contributed by atoms with Crippen molar-refractivity contribution in [3.63, 3.8) is 0 Å². The van der Waals surface area contributed by atoms with Crippen molar-refractivity contribution in [2.45, 2.75) is 0 Å². The number of carbonyl (C=O) groups is 1. The molecule has 0 saturated heterocycles. The van der Waals surface area contributed by atoms with Gasteiger partial charge in [-0.1, -0.05) is 15.9 Å². The zero-order valence-corrected chi connectivity index (χ0v) is 8.83. The maximum absolute atomic E-state index is 10.8. The van der Waals surface area contributed by atoms with E-state index >= 15 is 0 Å². The standard InChI is InChI=1S/C9H6BrNO3/c1-14-8-3-5(10)2-6(9(12)13)7(8)4-11/h2-3H,1H3,(H,12,13). The Morgan fingerprint density at radius 3 is 2.71 bits per heavy atom. The van der Waals surface area contributed by atoms with Crippen LogP contribution in [0.15, 0.2) is 16.6 Å². The summed E-state index contributed by atoms with van der Waals surface area (Å²) >= 11 is 3.13. The minimum atomic E-state index is -1.15. The number of nitriles is 1. The Morgan fingerprint density at radius 2 is 2.29 bits per heavy atom. The van der Waals surface area contributed by atoms with Gasteiger partial charge in [-0.2, -0.15) is 5.26 Å². The molecule has 0 spiro atoms. The molecule has 72 valence electrons. The Balaban J connectivity index is 3.49. The third-order valence-electron chi connectivity index (χ3n) is 1.63. The van der Waals surface area contributed by atoms with Crippen molar-refractivity contribution < 1.29 is 14.6 Å². The van der Waals surface area contributed by atoms with Crippen molar-refractivity contribution in [2.24, 2.45) is 0 Å². The molecule has 4 nitrogen and oxygen atoms in total. The fourth-order valence-corrected chi connectivity index (χ4v) is 1.46. The van der Waals surface area contributed by atoms with E-state index in [1.54, 1.807) is 12.1 Å². The highest BCUT2D eigenvalue weighted by atomic mass is 79.9. The molecule has 0 radical (unpaired) electrons. The lowest BCUT2D eigenvalue weighted by Crippen LogP contribution is -2.02. The normalized spacial score (nSPS) is 9.21. The van der Waals surface area contributed by atoms with Crippen molar-refractivity contribution in [3.8, 4) is 11.8 Å². The number of aromatic carboxylic acids is 1. The Kier molecular flexibility index (Phi) is 3.10. The largest absolute Gasteiger partial charge is 0.495 e. The average Bonchev–Trinajstić information content (AvgIpc) is 2.16. The van der Waals surface area contributed by atoms with E-state index in [2.05, 4.69) is 15.9 Å². The van der Waals surface area contributed by atoms with E-state index in [9.17, 15) is 4.79 Å². The Bertz CT molecular complexity index is 423. The zero-order valence-electron chi connectivity index (χ0n) is 7.24. The molecule has 0 fully saturated rings. The van der Waals surface area contributed by atoms with Crippen molar-refractivity contribution in [3.05, 3.63) is 27.7 Å². The molecule has 0 aromatic heterocycles. The van der Waals surface area contributed by atoms with Crippen LogP contribution in [0.4, 0.5) is 0 Å². The minimum absolute atomic E-state index is 0.0307. The first-order valence-corrected chi connectivity index (χ1v) is 4.40. The molecule has 1 aromatic carbocycles. The first-order valence-electron chi connectivity index (χ1n) is 3.61. The van der Waals surface area contributed by atoms with E-state index in [1.807, 2.05) is 0 Å². The molecule has 0 atom stereocenters. The third kappa shape index (κ3) is 1.86. The number of rotatable bonds is 2. The molecule has 0 aliphatic carbocycles. The highest BCUT2D eigenvalue weighted by molar-refractivity contribution is 9.10. The summed E-state index contributed by atoms with van der Waals surface area (Å²) in [5.74, 6) is -0.902. The topological polar surface area (TPSA) is 70.3 Å². The summed E-state index contributed by atoms with van der Waals surface area (Å²) in [6.07, 6.45) is 0. The second-order valence-corrected chi connectivity index (χ2v) is 3.36. The quantitative estimate of drug-likeness (QED) is 0.878. The van der Waals surface area contributed by atoms with Gasteiger partial charge in [-0.15, -0.1) is 0 Å². The first-order chi connectivity index (χ1) is 6.60. The van der Waals surface area contributed by atoms with Crippen molar-refractivity contribution in [1.29, 1.82) is 5.26 Å². The van der Waals surface area contributed by atoms with Crippen LogP contribution < -0.4 is 4.74 Å². The molecular weight excluding hydrogens is 250 g/mol. The van der Waals surface area contributed by atoms with Gasteiger partial charge in [0, 0.05) is 4.47 Å². The van der Waals surface area contributed by atoms with Gasteiger partial charge >= 0.3 is 5.97 Å². The number of carboxylic acid groups (broad SMARTS) is 1. The van der Waals surface area contributed by atoms with Crippen LogP contribution in [-0.4, -0.2) is 18.2 Å². The molecule has 0 heterocycles. The fraction of sp³-hybridized carbons (Fsp3) is 0.111. The van der Waals surface area contributed by atoms with Gasteiger partial charge in [0.25, 0.3) is 0 Å². The maximum atomic E-state index is 10.8. The Morgan fingerprint density at radius 1 is 1.64 bits per heavy atom. The molecule has 0 unspecified atom stereocenters. The van der Waals surface area contributed by atoms with Gasteiger partial charge in [-0.05, 0) is 12.1 Å². The van der Waals surface area contributed by atoms with Gasteiger partial charge < -0.3 is 9.84 Å². The summed E-state index contributed by atoms with van der Waals surface area (Å²) in [7, 11) is 1.38. The molecule has 1 aromatic rings. The van der Waals surface area contributed by atoms with Gasteiger partial charge in [0.05, 0.1) is 12.7 Å². The number of hydrogen-bond acceptors (Lipinski definition) is 3. The van der Waals surface area contributed by atoms with Gasteiger partial charge in [-0.25, -0.2) is 4.79 Å². The summed E-state index contributed by atoms with van der Waals surface area (Å²) < 4.78 is 5.45. The second-order valence-electron chi connectivity index (χ2n) is 2.45. The predicted octanol–water partition coefficient (Wildman–Crippen LogP) is 2.03. The van der Waals surface area contributed by atoms with Gasteiger partial charge in [-0.3, -0.25) is 0 Å². The summed E-state index contributed by atoms with van der Waals surface area (Å²) in [5.41, 5.74) is -0.0399. The van der Waals surface area contributed by atoms with Gasteiger partial charge in [0.1, 0.15) is 17.4 Å². The number of carboxylic acids is 1. The summed E-state index contributed by atoms with van der Waals surface area (Å²) in [5, 5.41) is 17.6. The number of ether oxygens (including phenoxy) is 1. The van der Waals surface area contributed by atoms with E-state index in [0.29, 0.717) is 4.47 Å². The first kappa shape index (κ1) is 10.5. The van der Waals surface area contributed by atoms with Crippen LogP contribution in [0.3, 0.4) is 0 Å². The third-order valence-corrected chi connectivity index (χ3v) is 2.09. The molecule has 0 bridgehead atoms. The number of halogens is 1. The van der Waals surface area contributed by atoms with E-state index in [4.69, 9.17) is 15.1 Å². The van der Waals surface area contributed by atoms with Crippen LogP contribution in [0.1, 0.15) is 15.9 Å². The molecule has 5 heteroatoms. The molecule has 14 heavy (non-hydrogen) atoms. The van der Waals surface area contributed by atoms with Crippen LogP contribution in [0.25, 0.3) is 0 Å². The summed E-state index contributed by atoms with van der Waals surface area (Å²) in [6.45, 7) is 0. The smallest absolute Gasteiger partial charge is 0.337 e. The number of benzene rings is 1. The van der Waals surface area contributed by atoms with Crippen molar-refractivity contribution in [2.75, 3.05) is 7.11 Å². The van der Waals surface area contributed by atoms with Gasteiger partial charge in [0.15, 0.2) is 0 Å². The van der Waals surface area contributed by atoms with Crippen LogP contribution in [-0.2, 0) is 0 Å². The number of hydrogen-bond donors (Lipinski definition) is 1. The lowest BCUT2D eigenvalue weighted by atomic mass is 10.1. The molecule has 0 saturated carbocycles. The SMILES string of the molecule is COc1cc(Br)cc(C(=O)O)c1C#N. The van der Waals surface area contributed by atoms with Crippen LogP contribution >= 0.6 is 15.9 Å². The Labute approximate surface area is 88.9 Å². The number of methoxy groups -OCH3 is 1. The average molecular weight is 256 g/mol. The van der Waals surface area contributed by atoms with Crippen molar-refractivity contribution >= 4 is 21.9 Å². The fourth-order valence-electron chi connectivity index (χ4n) is 1.03. The minimum Gasteiger partial charge on any atom is -0.495 e. The highest BCUT2D eigenvalue weighted by Crippen LogP contribution is 2.26. The Hall–Kier alpha value is -1.54. The summed E-state index contributed by atoms with van der Waals surface area (Å²) in [4.78, 5) is 10.8. The molecule has 1 rings (SSSR count). The van der Waals surface area contributed by atoms with Crippen LogP contribution in [0.5, 0.6) is 5.75 Å². The maximum Gasteiger partial charge on any atom is 0.337 e. The molecule has 0 amide bonds. The monoisotopic (exact) mass is 255 g/mol. The van der Waals surface area contributed by atoms with E-state index in [-0.39, 0.29) is 16.9 Å². The van der Waals surface area contributed by atoms with E-state index in [1.165, 1.54) is 13.2 Å². The van der Waals surface area contributed by atoms with Crippen molar-refractivity contribution in [1.82, 2.24) is 0 Å². The lowest BCUT2D eigenvalue weighted by molar-refractivity contribution is 0.0696. The summed E-state index contributed by atoms with van der Waals surface area (Å²) in [6, 6.07) is 4.71. The van der Waals surface area contributed by atoms with Crippen LogP contribution in [0.2, 0.25) is 0 Å². The van der Waals surface area contributed by atoms with E-state index in [0.717, 1.165) is 0 Å². The molecule has 0 aliphatic rings. The lowest BCUT2D eigenvalue weighted by Gasteiger charge is -2.05. The molecule has 1 N–H and O–H groups in total. The molecule has 0 aliphatic heterocycles. The van der Waals surface area contributed by atoms with E-state index < -0.39 is 5.97 Å². The van der Waals surface area contributed by atoms with Gasteiger partial charge in [0.2, 0.25) is 0 Å². The predicted molar refractivity (Wildman–Crippen MR) is 52.4 cm³/mol. The number of nitrogens with zero attached hydrogens (tertiary/aromatic N) is 1. The zero-order chi connectivity index (χ0) is 10.7. The molecular formula is C9H6BrNO3.